The van der Waals surface area contributed by atoms with E-state index in [-0.39, 0.29) is 17.9 Å². The number of aromatic amines is 3. The Hall–Kier alpha value is -3.66. The first kappa shape index (κ1) is 18.1. The zero-order chi connectivity index (χ0) is 19.6. The molecule has 138 valence electrons. The number of carbonyl (C=O) groups excluding carboxylic acids is 1. The molecular formula is C16H12ClN5O5. The lowest BCUT2D eigenvalue weighted by Crippen LogP contribution is -2.39. The van der Waals surface area contributed by atoms with Crippen LogP contribution in [0.15, 0.2) is 55.7 Å². The summed E-state index contributed by atoms with van der Waals surface area (Å²) in [6, 6.07) is 7.58. The number of hydrogen-bond donors (Lipinski definition) is 4. The minimum atomic E-state index is -0.912. The van der Waals surface area contributed by atoms with Gasteiger partial charge in [-0.2, -0.15) is 0 Å². The van der Waals surface area contributed by atoms with Gasteiger partial charge < -0.3 is 10.3 Å². The number of halogens is 1. The Balaban J connectivity index is 1.97. The highest BCUT2D eigenvalue weighted by Gasteiger charge is 2.16. The van der Waals surface area contributed by atoms with Crippen molar-refractivity contribution in [3.05, 3.63) is 94.4 Å². The van der Waals surface area contributed by atoms with Crippen LogP contribution in [0.4, 0.5) is 5.82 Å². The Morgan fingerprint density at radius 2 is 1.85 bits per heavy atom. The summed E-state index contributed by atoms with van der Waals surface area (Å²) in [6.45, 7) is -0.142. The first-order valence-corrected chi connectivity index (χ1v) is 7.94. The monoisotopic (exact) mass is 389 g/mol. The normalized spacial score (nSPS) is 10.6. The van der Waals surface area contributed by atoms with Gasteiger partial charge >= 0.3 is 11.4 Å². The maximum Gasteiger partial charge on any atom is 0.328 e. The minimum Gasteiger partial charge on any atom is -0.313 e. The van der Waals surface area contributed by atoms with Gasteiger partial charge in [0.15, 0.2) is 0 Å². The fourth-order valence-corrected chi connectivity index (χ4v) is 2.54. The molecule has 0 saturated carbocycles. The number of nitrogens with one attached hydrogen (secondary N) is 4. The van der Waals surface area contributed by atoms with Gasteiger partial charge in [0.25, 0.3) is 17.0 Å². The van der Waals surface area contributed by atoms with Crippen LogP contribution in [0.1, 0.15) is 15.9 Å². The molecule has 0 aliphatic heterocycles. The van der Waals surface area contributed by atoms with E-state index in [1.54, 1.807) is 24.3 Å². The van der Waals surface area contributed by atoms with Crippen LogP contribution in [0, 0.1) is 0 Å². The van der Waals surface area contributed by atoms with Gasteiger partial charge in [0.05, 0.1) is 6.54 Å². The Labute approximate surface area is 154 Å². The molecule has 27 heavy (non-hydrogen) atoms. The van der Waals surface area contributed by atoms with Crippen molar-refractivity contribution in [1.29, 1.82) is 0 Å². The van der Waals surface area contributed by atoms with Crippen molar-refractivity contribution in [2.75, 3.05) is 5.32 Å². The summed E-state index contributed by atoms with van der Waals surface area (Å²) in [5.41, 5.74) is -3.00. The molecule has 4 N–H and O–H groups in total. The fourth-order valence-electron chi connectivity index (χ4n) is 2.34. The summed E-state index contributed by atoms with van der Waals surface area (Å²) in [4.78, 5) is 65.9. The average Bonchev–Trinajstić information content (AvgIpc) is 2.59. The molecule has 1 amide bonds. The molecule has 0 spiro atoms. The van der Waals surface area contributed by atoms with E-state index in [4.69, 9.17) is 11.6 Å². The molecule has 0 aliphatic carbocycles. The van der Waals surface area contributed by atoms with Crippen molar-refractivity contribution in [3.8, 4) is 0 Å². The highest BCUT2D eigenvalue weighted by molar-refractivity contribution is 6.31. The van der Waals surface area contributed by atoms with Gasteiger partial charge in [-0.3, -0.25) is 28.9 Å². The summed E-state index contributed by atoms with van der Waals surface area (Å²) in [7, 11) is 0. The van der Waals surface area contributed by atoms with Crippen LogP contribution in [-0.4, -0.2) is 25.4 Å². The minimum absolute atomic E-state index is 0.142. The smallest absolute Gasteiger partial charge is 0.313 e. The van der Waals surface area contributed by atoms with E-state index in [0.717, 1.165) is 16.8 Å². The Bertz CT molecular complexity index is 1220. The van der Waals surface area contributed by atoms with Crippen LogP contribution in [0.5, 0.6) is 0 Å². The van der Waals surface area contributed by atoms with Crippen LogP contribution in [-0.2, 0) is 6.54 Å². The molecule has 0 bridgehead atoms. The molecule has 2 aromatic heterocycles. The van der Waals surface area contributed by atoms with Gasteiger partial charge in [-0.25, -0.2) is 9.59 Å². The van der Waals surface area contributed by atoms with E-state index in [1.165, 1.54) is 0 Å². The third kappa shape index (κ3) is 3.96. The average molecular weight is 390 g/mol. The first-order chi connectivity index (χ1) is 12.8. The number of aromatic nitrogens is 4. The highest BCUT2D eigenvalue weighted by atomic mass is 35.5. The molecule has 0 radical (unpaired) electrons. The van der Waals surface area contributed by atoms with Crippen molar-refractivity contribution in [3.63, 3.8) is 0 Å². The van der Waals surface area contributed by atoms with Crippen molar-refractivity contribution in [1.82, 2.24) is 19.5 Å². The third-order valence-corrected chi connectivity index (χ3v) is 3.97. The molecule has 3 rings (SSSR count). The summed E-state index contributed by atoms with van der Waals surface area (Å²) >= 11 is 6.04. The second-order valence-electron chi connectivity index (χ2n) is 5.45. The lowest BCUT2D eigenvalue weighted by atomic mass is 10.2. The topological polar surface area (TPSA) is 150 Å². The van der Waals surface area contributed by atoms with Crippen LogP contribution in [0.2, 0.25) is 5.02 Å². The molecular weight excluding hydrogens is 378 g/mol. The van der Waals surface area contributed by atoms with Gasteiger partial charge in [0, 0.05) is 17.3 Å². The highest BCUT2D eigenvalue weighted by Crippen LogP contribution is 2.14. The summed E-state index contributed by atoms with van der Waals surface area (Å²) in [5, 5.41) is 2.59. The number of hydrogen-bond acceptors (Lipinski definition) is 5. The summed E-state index contributed by atoms with van der Waals surface area (Å²) < 4.78 is 0.816. The second kappa shape index (κ2) is 7.30. The Morgan fingerprint density at radius 3 is 2.56 bits per heavy atom. The van der Waals surface area contributed by atoms with Gasteiger partial charge in [-0.1, -0.05) is 29.8 Å². The molecule has 1 aromatic carbocycles. The molecule has 0 fully saturated rings. The predicted molar refractivity (Wildman–Crippen MR) is 97.5 cm³/mol. The van der Waals surface area contributed by atoms with E-state index in [9.17, 15) is 24.0 Å². The number of anilines is 1. The number of H-pyrrole nitrogens is 3. The van der Waals surface area contributed by atoms with Crippen LogP contribution in [0.3, 0.4) is 0 Å². The predicted octanol–water partition coefficient (Wildman–Crippen LogP) is -0.133. The molecule has 0 unspecified atom stereocenters. The lowest BCUT2D eigenvalue weighted by molar-refractivity contribution is 0.102. The Morgan fingerprint density at radius 1 is 1.11 bits per heavy atom. The maximum absolute atomic E-state index is 12.6. The molecule has 10 nitrogen and oxygen atoms in total. The van der Waals surface area contributed by atoms with Gasteiger partial charge in [-0.05, 0) is 11.6 Å². The van der Waals surface area contributed by atoms with Crippen LogP contribution < -0.4 is 27.8 Å². The third-order valence-electron chi connectivity index (χ3n) is 3.60. The fraction of sp³-hybridized carbons (Fsp3) is 0.0625. The number of amides is 1. The van der Waals surface area contributed by atoms with E-state index in [1.807, 2.05) is 4.98 Å². The van der Waals surface area contributed by atoms with Crippen molar-refractivity contribution < 1.29 is 4.79 Å². The largest absolute Gasteiger partial charge is 0.328 e. The van der Waals surface area contributed by atoms with Crippen molar-refractivity contribution in [2.45, 2.75) is 6.54 Å². The first-order valence-electron chi connectivity index (χ1n) is 7.56. The van der Waals surface area contributed by atoms with Gasteiger partial charge in [0.2, 0.25) is 0 Å². The molecule has 2 heterocycles. The number of carbonyl (C=O) groups is 1. The molecule has 0 atom stereocenters. The van der Waals surface area contributed by atoms with Crippen molar-refractivity contribution in [2.24, 2.45) is 0 Å². The van der Waals surface area contributed by atoms with Crippen LogP contribution in [0.25, 0.3) is 0 Å². The van der Waals surface area contributed by atoms with Crippen LogP contribution >= 0.6 is 11.6 Å². The SMILES string of the molecule is O=C(Nc1cc(=O)[nH]c(=O)[nH]1)c1c[nH]c(=O)n(Cc2ccccc2Cl)c1=O. The molecule has 11 heteroatoms. The molecule has 0 saturated heterocycles. The number of benzene rings is 1. The summed E-state index contributed by atoms with van der Waals surface area (Å²) in [6.07, 6.45) is 0.953. The molecule has 3 aromatic rings. The standard InChI is InChI=1S/C16H12ClN5O5/c17-10-4-2-1-3-8(10)7-22-14(25)9(6-18-16(22)27)13(24)19-11-5-12(23)21-15(26)20-11/h1-6H,7H2,(H,18,27)(H3,19,20,21,23,24,26). The van der Waals surface area contributed by atoms with E-state index < -0.39 is 28.4 Å². The summed E-state index contributed by atoms with van der Waals surface area (Å²) in [5.74, 6) is -1.11. The van der Waals surface area contributed by atoms with Crippen molar-refractivity contribution >= 4 is 23.3 Å². The van der Waals surface area contributed by atoms with E-state index in [0.29, 0.717) is 10.6 Å². The van der Waals surface area contributed by atoms with Gasteiger partial charge in [-0.15, -0.1) is 0 Å². The van der Waals surface area contributed by atoms with E-state index in [2.05, 4.69) is 15.3 Å². The number of nitrogens with zero attached hydrogens (tertiary/aromatic N) is 1. The van der Waals surface area contributed by atoms with Gasteiger partial charge in [0.1, 0.15) is 11.4 Å². The number of rotatable bonds is 4. The molecule has 0 aliphatic rings. The lowest BCUT2D eigenvalue weighted by Gasteiger charge is -2.09. The zero-order valence-corrected chi connectivity index (χ0v) is 14.3. The van der Waals surface area contributed by atoms with E-state index >= 15 is 0 Å². The Kier molecular flexibility index (Phi) is 4.90. The second-order valence-corrected chi connectivity index (χ2v) is 5.85. The quantitative estimate of drug-likeness (QED) is 0.490. The maximum atomic E-state index is 12.6. The zero-order valence-electron chi connectivity index (χ0n) is 13.5.